The molecular formula is C33H48N4O6. The van der Waals surface area contributed by atoms with Crippen LogP contribution in [0.2, 0.25) is 0 Å². The van der Waals surface area contributed by atoms with Gasteiger partial charge in [-0.25, -0.2) is 4.79 Å². The first kappa shape index (κ1) is 29.3. The van der Waals surface area contributed by atoms with Crippen molar-refractivity contribution in [1.82, 2.24) is 15.1 Å². The third-order valence-electron chi connectivity index (χ3n) is 12.2. The number of likely N-dealkylation sites (tertiary alicyclic amines) is 1. The van der Waals surface area contributed by atoms with Crippen molar-refractivity contribution in [2.75, 3.05) is 40.3 Å². The van der Waals surface area contributed by atoms with Crippen molar-refractivity contribution < 1.29 is 28.9 Å². The first-order valence-corrected chi connectivity index (χ1v) is 16.2. The molecular weight excluding hydrogens is 548 g/mol. The van der Waals surface area contributed by atoms with Gasteiger partial charge in [-0.2, -0.15) is 0 Å². The van der Waals surface area contributed by atoms with Crippen LogP contribution in [0.25, 0.3) is 0 Å². The number of carbonyl (C=O) groups excluding carboxylic acids is 2. The zero-order valence-corrected chi connectivity index (χ0v) is 26.3. The molecule has 2 amide bonds. The van der Waals surface area contributed by atoms with E-state index in [2.05, 4.69) is 16.3 Å². The van der Waals surface area contributed by atoms with E-state index in [0.29, 0.717) is 17.5 Å². The molecule has 8 rings (SSSR count). The van der Waals surface area contributed by atoms with Crippen LogP contribution in [0.5, 0.6) is 11.5 Å². The van der Waals surface area contributed by atoms with Gasteiger partial charge in [0.25, 0.3) is 0 Å². The van der Waals surface area contributed by atoms with Gasteiger partial charge in [0.2, 0.25) is 5.91 Å². The monoisotopic (exact) mass is 596 g/mol. The molecule has 236 valence electrons. The van der Waals surface area contributed by atoms with E-state index in [1.807, 2.05) is 19.9 Å². The Morgan fingerprint density at radius 3 is 2.72 bits per heavy atom. The van der Waals surface area contributed by atoms with Crippen LogP contribution in [-0.2, 0) is 21.4 Å². The molecule has 5 fully saturated rings. The molecule has 4 saturated carbocycles. The number of nitrogens with two attached hydrogens (primary N) is 1. The van der Waals surface area contributed by atoms with Crippen LogP contribution in [0.1, 0.15) is 70.4 Å². The van der Waals surface area contributed by atoms with Crippen LogP contribution < -0.4 is 20.5 Å². The van der Waals surface area contributed by atoms with Gasteiger partial charge in [0.1, 0.15) is 11.7 Å². The third kappa shape index (κ3) is 4.05. The second-order valence-corrected chi connectivity index (χ2v) is 14.9. The first-order valence-electron chi connectivity index (χ1n) is 16.2. The number of likely N-dealkylation sites (N-methyl/N-ethyl adjacent to an activating group) is 1. The number of hydrogen-bond acceptors (Lipinski definition) is 8. The number of nitrogens with zero attached hydrogens (tertiary/aromatic N) is 2. The van der Waals surface area contributed by atoms with E-state index < -0.39 is 23.3 Å². The van der Waals surface area contributed by atoms with E-state index in [1.54, 1.807) is 21.1 Å². The maximum atomic E-state index is 13.3. The molecule has 0 aromatic heterocycles. The topological polar surface area (TPSA) is 127 Å². The minimum absolute atomic E-state index is 0.0498. The predicted molar refractivity (Wildman–Crippen MR) is 160 cm³/mol. The van der Waals surface area contributed by atoms with E-state index >= 15 is 0 Å². The van der Waals surface area contributed by atoms with Crippen molar-refractivity contribution in [1.29, 1.82) is 0 Å². The van der Waals surface area contributed by atoms with E-state index in [1.165, 1.54) is 28.9 Å². The lowest BCUT2D eigenvalue weighted by Gasteiger charge is -2.75. The van der Waals surface area contributed by atoms with Gasteiger partial charge in [-0.3, -0.25) is 9.69 Å². The fourth-order valence-corrected chi connectivity index (χ4v) is 10.1. The fourth-order valence-electron chi connectivity index (χ4n) is 10.1. The number of benzene rings is 1. The average Bonchev–Trinajstić information content (AvgIpc) is 3.71. The van der Waals surface area contributed by atoms with Gasteiger partial charge in [-0.1, -0.05) is 6.07 Å². The molecule has 4 bridgehead atoms. The molecule has 0 radical (unpaired) electrons. The number of piperidine rings is 1. The summed E-state index contributed by atoms with van der Waals surface area (Å²) in [6.07, 6.45) is 6.57. The molecule has 2 heterocycles. The Hall–Kier alpha value is -2.40. The molecule has 43 heavy (non-hydrogen) atoms. The van der Waals surface area contributed by atoms with Gasteiger partial charge in [0, 0.05) is 62.1 Å². The number of methoxy groups -OCH3 is 1. The number of fused-ring (bicyclic) bond motifs is 2. The number of carbonyl (C=O) groups is 2. The number of ether oxygens (including phenoxy) is 3. The highest BCUT2D eigenvalue weighted by Gasteiger charge is 2.81. The van der Waals surface area contributed by atoms with Crippen LogP contribution in [0.4, 0.5) is 4.79 Å². The Morgan fingerprint density at radius 2 is 2.05 bits per heavy atom. The summed E-state index contributed by atoms with van der Waals surface area (Å²) in [5, 5.41) is 14.4. The summed E-state index contributed by atoms with van der Waals surface area (Å²) in [4.78, 5) is 29.3. The van der Waals surface area contributed by atoms with E-state index in [0.717, 1.165) is 51.1 Å². The Bertz CT molecular complexity index is 1320. The lowest BCUT2D eigenvalue weighted by atomic mass is 9.34. The quantitative estimate of drug-likeness (QED) is 0.397. The van der Waals surface area contributed by atoms with Gasteiger partial charge in [0.15, 0.2) is 11.5 Å². The molecule has 2 aliphatic heterocycles. The average molecular weight is 597 g/mol. The van der Waals surface area contributed by atoms with E-state index in [-0.39, 0.29) is 41.8 Å². The summed E-state index contributed by atoms with van der Waals surface area (Å²) in [6.45, 7) is 8.22. The van der Waals surface area contributed by atoms with Gasteiger partial charge in [-0.15, -0.1) is 0 Å². The van der Waals surface area contributed by atoms with Crippen LogP contribution in [0.15, 0.2) is 12.1 Å². The lowest BCUT2D eigenvalue weighted by Crippen LogP contribution is -2.82. The van der Waals surface area contributed by atoms with Crippen molar-refractivity contribution >= 4 is 12.0 Å². The molecule has 4 N–H and O–H groups in total. The van der Waals surface area contributed by atoms with Gasteiger partial charge >= 0.3 is 6.09 Å². The zero-order valence-electron chi connectivity index (χ0n) is 26.3. The number of aliphatic hydroxyl groups is 1. The lowest BCUT2D eigenvalue weighted by molar-refractivity contribution is -0.300. The normalized spacial score (nSPS) is 36.0. The molecule has 1 saturated heterocycles. The zero-order chi connectivity index (χ0) is 30.5. The Morgan fingerprint density at radius 1 is 1.28 bits per heavy atom. The van der Waals surface area contributed by atoms with Crippen molar-refractivity contribution in [2.24, 2.45) is 23.0 Å². The number of nitrogens with one attached hydrogen (secondary N) is 1. The van der Waals surface area contributed by atoms with Gasteiger partial charge in [0.05, 0.1) is 11.6 Å². The Kier molecular flexibility index (Phi) is 6.68. The number of amides is 2. The number of hydrogen-bond donors (Lipinski definition) is 3. The van der Waals surface area contributed by atoms with Crippen LogP contribution in [-0.4, -0.2) is 96.6 Å². The predicted octanol–water partition coefficient (Wildman–Crippen LogP) is 2.58. The Balaban J connectivity index is 1.26. The molecule has 1 aromatic rings. The van der Waals surface area contributed by atoms with Crippen molar-refractivity contribution in [3.05, 3.63) is 23.3 Å². The highest BCUT2D eigenvalue weighted by atomic mass is 16.6. The number of rotatable bonds is 9. The molecule has 10 nitrogen and oxygen atoms in total. The molecule has 5 aliphatic carbocycles. The molecule has 2 spiro atoms. The van der Waals surface area contributed by atoms with Gasteiger partial charge in [-0.05, 0) is 89.8 Å². The second-order valence-electron chi connectivity index (χ2n) is 14.9. The van der Waals surface area contributed by atoms with Crippen LogP contribution in [0.3, 0.4) is 0 Å². The summed E-state index contributed by atoms with van der Waals surface area (Å²) < 4.78 is 19.6. The molecule has 0 unspecified atom stereocenters. The first-order chi connectivity index (χ1) is 20.4. The summed E-state index contributed by atoms with van der Waals surface area (Å²) in [5.41, 5.74) is 6.25. The largest absolute Gasteiger partial charge is 0.482 e. The standard InChI is InChI=1S/C33H48N4O6/c1-19(34)27(38)35-13-15-36(4)29(39)42-22-9-8-21-16-24-31-10-11-33(41-5,23(17-31)30(2,3)40)28-32(31,25(21)26(22)43-28)12-14-37(24)18-20-6-7-20/h8-9,19-20,23-24,28,40H,6-7,10-18,34H2,1-5H3,(H,35,38)/t19-,23+,24+,28+,31+,32-,33-/m0/s1. The SMILES string of the molecule is CO[C@@]12CC[C@@]3(C[C@@H]1C(C)(C)O)[C@H]1Cc4ccc(OC(=O)N(C)CCNC(=O)[C@H](C)N)c5c4[C@@]3(CCN1CC1CC1)[C@H]2O5. The minimum atomic E-state index is -0.936. The third-order valence-corrected chi connectivity index (χ3v) is 12.2. The van der Waals surface area contributed by atoms with E-state index in [9.17, 15) is 14.7 Å². The summed E-state index contributed by atoms with van der Waals surface area (Å²) >= 11 is 0. The molecule has 10 heteroatoms. The maximum Gasteiger partial charge on any atom is 0.415 e. The van der Waals surface area contributed by atoms with Crippen molar-refractivity contribution in [3.8, 4) is 11.5 Å². The minimum Gasteiger partial charge on any atom is -0.482 e. The van der Waals surface area contributed by atoms with E-state index in [4.69, 9.17) is 19.9 Å². The summed E-state index contributed by atoms with van der Waals surface area (Å²) in [5.74, 6) is 1.56. The molecule has 7 atom stereocenters. The van der Waals surface area contributed by atoms with Crippen LogP contribution >= 0.6 is 0 Å². The molecule has 1 aromatic carbocycles. The summed E-state index contributed by atoms with van der Waals surface area (Å²) in [6, 6.07) is 3.81. The molecule has 7 aliphatic rings. The summed E-state index contributed by atoms with van der Waals surface area (Å²) in [7, 11) is 3.43. The highest BCUT2D eigenvalue weighted by molar-refractivity contribution is 5.81. The van der Waals surface area contributed by atoms with Gasteiger partial charge < -0.3 is 35.3 Å². The second kappa shape index (κ2) is 9.80. The van der Waals surface area contributed by atoms with Crippen molar-refractivity contribution in [2.45, 2.75) is 101 Å². The fraction of sp³-hybridized carbons (Fsp3) is 0.758. The van der Waals surface area contributed by atoms with Crippen molar-refractivity contribution in [3.63, 3.8) is 0 Å². The van der Waals surface area contributed by atoms with Crippen LogP contribution in [0, 0.1) is 17.3 Å². The smallest absolute Gasteiger partial charge is 0.415 e. The maximum absolute atomic E-state index is 13.3. The highest BCUT2D eigenvalue weighted by Crippen LogP contribution is 2.77. The Labute approximate surface area is 254 Å².